The second-order valence-corrected chi connectivity index (χ2v) is 6.55. The summed E-state index contributed by atoms with van der Waals surface area (Å²) in [4.78, 5) is 38.2. The molecule has 140 valence electrons. The Labute approximate surface area is 143 Å². The molecule has 0 aromatic carbocycles. The predicted molar refractivity (Wildman–Crippen MR) is 89.5 cm³/mol. The number of urea groups is 1. The lowest BCUT2D eigenvalue weighted by molar-refractivity contribution is -0.191. The van der Waals surface area contributed by atoms with E-state index in [0.717, 1.165) is 25.8 Å². The minimum atomic E-state index is -0.840. The molecule has 0 aliphatic carbocycles. The summed E-state index contributed by atoms with van der Waals surface area (Å²) in [6.07, 6.45) is 3.87. The van der Waals surface area contributed by atoms with Crippen LogP contribution in [0.4, 0.5) is 4.79 Å². The summed E-state index contributed by atoms with van der Waals surface area (Å²) in [6, 6.07) is -0.349. The van der Waals surface area contributed by atoms with Crippen LogP contribution in [0.15, 0.2) is 0 Å². The monoisotopic (exact) mass is 345 g/mol. The summed E-state index contributed by atoms with van der Waals surface area (Å²) < 4.78 is 0. The topological polar surface area (TPSA) is 125 Å². The second kappa shape index (κ2) is 14.7. The molecular formula is C16H31N3O5. The molecule has 0 aromatic heterocycles. The molecule has 0 saturated carbocycles. The molecule has 8 nitrogen and oxygen atoms in total. The van der Waals surface area contributed by atoms with Crippen molar-refractivity contribution >= 4 is 18.2 Å². The quantitative estimate of drug-likeness (QED) is 0.445. The third-order valence-electron chi connectivity index (χ3n) is 2.96. The van der Waals surface area contributed by atoms with E-state index in [4.69, 9.17) is 14.7 Å². The molecule has 0 bridgehead atoms. The number of carbonyl (C=O) groups excluding carboxylic acids is 3. The summed E-state index contributed by atoms with van der Waals surface area (Å²) >= 11 is 0. The number of nitrogens with one attached hydrogen (secondary N) is 3. The van der Waals surface area contributed by atoms with Crippen LogP contribution in [-0.4, -0.2) is 47.9 Å². The highest BCUT2D eigenvalue weighted by Gasteiger charge is 2.09. The van der Waals surface area contributed by atoms with Crippen LogP contribution in [0.2, 0.25) is 0 Å². The molecule has 0 unspecified atom stereocenters. The van der Waals surface area contributed by atoms with Crippen molar-refractivity contribution < 1.29 is 24.3 Å². The molecule has 2 amide bonds. The zero-order chi connectivity index (χ0) is 19.0. The van der Waals surface area contributed by atoms with Crippen LogP contribution < -0.4 is 16.0 Å². The van der Waals surface area contributed by atoms with E-state index >= 15 is 0 Å². The Morgan fingerprint density at radius 2 is 1.62 bits per heavy atom. The van der Waals surface area contributed by atoms with Gasteiger partial charge in [-0.2, -0.15) is 9.59 Å². The SMILES string of the molecule is C[C@H](CCC(=O)O)NC(=O)NCCCCCNC(C)(C)C.O=C=O. The third kappa shape index (κ3) is 22.4. The maximum absolute atomic E-state index is 11.5. The van der Waals surface area contributed by atoms with Gasteiger partial charge in [0.25, 0.3) is 0 Å². The molecule has 0 saturated heterocycles. The number of rotatable bonds is 10. The van der Waals surface area contributed by atoms with Crippen LogP contribution in [0.3, 0.4) is 0 Å². The Kier molecular flexibility index (Phi) is 14.9. The molecule has 0 heterocycles. The van der Waals surface area contributed by atoms with Gasteiger partial charge in [0, 0.05) is 24.5 Å². The van der Waals surface area contributed by atoms with Gasteiger partial charge >= 0.3 is 18.2 Å². The Bertz CT molecular complexity index is 388. The standard InChI is InChI=1S/C15H31N3O3.CO2/c1-12(8-9-13(19)20)18-14(21)16-10-6-5-7-11-17-15(2,3)4;2-1-3/h12,17H,5-11H2,1-4H3,(H,19,20)(H2,16,18,21);/t12-;/m1./s1. The molecule has 4 N–H and O–H groups in total. The van der Waals surface area contributed by atoms with E-state index in [1.165, 1.54) is 0 Å². The van der Waals surface area contributed by atoms with Gasteiger partial charge in [-0.1, -0.05) is 6.42 Å². The van der Waals surface area contributed by atoms with Gasteiger partial charge in [0.15, 0.2) is 0 Å². The van der Waals surface area contributed by atoms with Gasteiger partial charge in [-0.3, -0.25) is 4.79 Å². The van der Waals surface area contributed by atoms with Crippen LogP contribution in [-0.2, 0) is 14.4 Å². The fourth-order valence-electron chi connectivity index (χ4n) is 1.78. The Balaban J connectivity index is 0. The number of aliphatic carboxylic acids is 1. The normalized spacial score (nSPS) is 11.5. The highest BCUT2D eigenvalue weighted by atomic mass is 16.4. The zero-order valence-electron chi connectivity index (χ0n) is 15.1. The summed E-state index contributed by atoms with van der Waals surface area (Å²) in [5.41, 5.74) is 0.157. The van der Waals surface area contributed by atoms with E-state index in [-0.39, 0.29) is 30.2 Å². The van der Waals surface area contributed by atoms with Crippen molar-refractivity contribution in [2.45, 2.75) is 71.4 Å². The van der Waals surface area contributed by atoms with E-state index in [0.29, 0.717) is 13.0 Å². The lowest BCUT2D eigenvalue weighted by Gasteiger charge is -2.20. The molecule has 8 heteroatoms. The number of hydrogen-bond acceptors (Lipinski definition) is 5. The number of carboxylic acid groups (broad SMARTS) is 1. The summed E-state index contributed by atoms with van der Waals surface area (Å²) in [6.45, 7) is 9.87. The molecule has 0 aromatic rings. The minimum absolute atomic E-state index is 0.0717. The van der Waals surface area contributed by atoms with Gasteiger partial charge < -0.3 is 21.1 Å². The minimum Gasteiger partial charge on any atom is -0.481 e. The van der Waals surface area contributed by atoms with E-state index in [2.05, 4.69) is 36.7 Å². The number of hydrogen-bond donors (Lipinski definition) is 4. The van der Waals surface area contributed by atoms with Crippen molar-refractivity contribution in [1.29, 1.82) is 0 Å². The highest BCUT2D eigenvalue weighted by Crippen LogP contribution is 2.00. The average molecular weight is 345 g/mol. The predicted octanol–water partition coefficient (Wildman–Crippen LogP) is 1.51. The van der Waals surface area contributed by atoms with Gasteiger partial charge in [-0.15, -0.1) is 0 Å². The first-order valence-electron chi connectivity index (χ1n) is 8.13. The van der Waals surface area contributed by atoms with Crippen LogP contribution in [0.5, 0.6) is 0 Å². The first kappa shape index (κ1) is 24.3. The molecule has 24 heavy (non-hydrogen) atoms. The molecule has 0 spiro atoms. The van der Waals surface area contributed by atoms with Gasteiger partial charge in [0.2, 0.25) is 0 Å². The van der Waals surface area contributed by atoms with Crippen LogP contribution in [0, 0.1) is 0 Å². The maximum Gasteiger partial charge on any atom is 0.373 e. The van der Waals surface area contributed by atoms with E-state index in [9.17, 15) is 9.59 Å². The lowest BCUT2D eigenvalue weighted by atomic mass is 10.1. The largest absolute Gasteiger partial charge is 0.481 e. The third-order valence-corrected chi connectivity index (χ3v) is 2.96. The summed E-state index contributed by atoms with van der Waals surface area (Å²) in [7, 11) is 0. The molecule has 0 aliphatic rings. The van der Waals surface area contributed by atoms with Crippen molar-refractivity contribution in [2.75, 3.05) is 13.1 Å². The molecule has 0 aliphatic heterocycles. The zero-order valence-corrected chi connectivity index (χ0v) is 15.1. The fraction of sp³-hybridized carbons (Fsp3) is 0.812. The van der Waals surface area contributed by atoms with Gasteiger partial charge in [-0.25, -0.2) is 4.79 Å². The molecule has 1 atom stereocenters. The van der Waals surface area contributed by atoms with Crippen LogP contribution in [0.1, 0.15) is 59.8 Å². The number of carbonyl (C=O) groups is 2. The van der Waals surface area contributed by atoms with Crippen LogP contribution in [0.25, 0.3) is 0 Å². The molecule has 0 rings (SSSR count). The van der Waals surface area contributed by atoms with Gasteiger partial charge in [0.1, 0.15) is 0 Å². The Morgan fingerprint density at radius 1 is 1.08 bits per heavy atom. The maximum atomic E-state index is 11.5. The van der Waals surface area contributed by atoms with Crippen molar-refractivity contribution in [3.05, 3.63) is 0 Å². The van der Waals surface area contributed by atoms with Crippen molar-refractivity contribution in [3.63, 3.8) is 0 Å². The summed E-state index contributed by atoms with van der Waals surface area (Å²) in [5.74, 6) is -0.840. The average Bonchev–Trinajstić information content (AvgIpc) is 2.43. The first-order valence-corrected chi connectivity index (χ1v) is 8.13. The fourth-order valence-corrected chi connectivity index (χ4v) is 1.78. The van der Waals surface area contributed by atoms with Crippen molar-refractivity contribution in [1.82, 2.24) is 16.0 Å². The highest BCUT2D eigenvalue weighted by molar-refractivity contribution is 5.74. The number of amides is 2. The number of unbranched alkanes of at least 4 members (excludes halogenated alkanes) is 2. The van der Waals surface area contributed by atoms with Gasteiger partial charge in [-0.05, 0) is 53.5 Å². The Morgan fingerprint density at radius 3 is 2.12 bits per heavy atom. The van der Waals surface area contributed by atoms with Gasteiger partial charge in [0.05, 0.1) is 0 Å². The molecule has 0 fully saturated rings. The smallest absolute Gasteiger partial charge is 0.373 e. The second-order valence-electron chi connectivity index (χ2n) is 6.55. The van der Waals surface area contributed by atoms with E-state index in [1.807, 2.05) is 0 Å². The summed E-state index contributed by atoms with van der Waals surface area (Å²) in [5, 5.41) is 17.5. The van der Waals surface area contributed by atoms with E-state index in [1.54, 1.807) is 6.92 Å². The molecule has 0 radical (unpaired) electrons. The van der Waals surface area contributed by atoms with Crippen molar-refractivity contribution in [3.8, 4) is 0 Å². The van der Waals surface area contributed by atoms with E-state index < -0.39 is 5.97 Å². The van der Waals surface area contributed by atoms with Crippen LogP contribution >= 0.6 is 0 Å². The molecular weight excluding hydrogens is 314 g/mol. The first-order chi connectivity index (χ1) is 11.1. The van der Waals surface area contributed by atoms with Crippen molar-refractivity contribution in [2.24, 2.45) is 0 Å². The Hall–Kier alpha value is -1.92. The lowest BCUT2D eigenvalue weighted by Crippen LogP contribution is -2.41. The number of carboxylic acids is 1.